The van der Waals surface area contributed by atoms with Gasteiger partial charge in [-0.25, -0.2) is 4.39 Å². The zero-order chi connectivity index (χ0) is 21.5. The molecule has 2 aromatic rings. The van der Waals surface area contributed by atoms with Crippen LogP contribution in [0.25, 0.3) is 0 Å². The number of hydrogen-bond donors (Lipinski definition) is 2. The molecule has 0 aromatic heterocycles. The fraction of sp³-hybridized carbons (Fsp3) is 0.458. The lowest BCUT2D eigenvalue weighted by Gasteiger charge is -2.27. The molecule has 2 atom stereocenters. The van der Waals surface area contributed by atoms with Crippen molar-refractivity contribution in [1.82, 2.24) is 15.5 Å². The van der Waals surface area contributed by atoms with Crippen molar-refractivity contribution in [3.63, 3.8) is 0 Å². The molecule has 0 radical (unpaired) electrons. The Labute approximate surface area is 203 Å². The Hall–Kier alpha value is -1.87. The fourth-order valence-corrected chi connectivity index (χ4v) is 3.95. The average Bonchev–Trinajstić information content (AvgIpc) is 3.28. The molecule has 5 nitrogen and oxygen atoms in total. The SMILES string of the molecule is CN=C(NCC(c1cccc(F)c1)N(C)C)NC(C)c1cccc(N2CCCC2)c1.I. The largest absolute Gasteiger partial charge is 0.372 e. The van der Waals surface area contributed by atoms with Crippen molar-refractivity contribution in [2.75, 3.05) is 45.7 Å². The molecule has 0 amide bonds. The van der Waals surface area contributed by atoms with Crippen LogP contribution in [-0.2, 0) is 0 Å². The second kappa shape index (κ2) is 12.2. The number of halogens is 2. The van der Waals surface area contributed by atoms with E-state index in [1.165, 1.54) is 30.2 Å². The van der Waals surface area contributed by atoms with Crippen molar-refractivity contribution in [2.24, 2.45) is 4.99 Å². The highest BCUT2D eigenvalue weighted by atomic mass is 127. The van der Waals surface area contributed by atoms with E-state index in [2.05, 4.69) is 56.6 Å². The number of likely N-dealkylation sites (N-methyl/N-ethyl adjacent to an activating group) is 1. The van der Waals surface area contributed by atoms with Crippen LogP contribution in [0.15, 0.2) is 53.5 Å². The van der Waals surface area contributed by atoms with Gasteiger partial charge in [-0.3, -0.25) is 4.99 Å². The van der Waals surface area contributed by atoms with Gasteiger partial charge in [0.15, 0.2) is 5.96 Å². The van der Waals surface area contributed by atoms with E-state index in [0.29, 0.717) is 6.54 Å². The van der Waals surface area contributed by atoms with Crippen LogP contribution in [0.1, 0.15) is 43.0 Å². The number of anilines is 1. The van der Waals surface area contributed by atoms with Gasteiger partial charge in [-0.2, -0.15) is 0 Å². The van der Waals surface area contributed by atoms with Crippen molar-refractivity contribution >= 4 is 35.6 Å². The normalized spacial score (nSPS) is 16.1. The standard InChI is InChI=1S/C24H34FN5.HI/c1-18(19-9-8-12-22(16-19)30-13-5-6-14-30)28-24(26-2)27-17-23(29(3)4)20-10-7-11-21(25)15-20;/h7-12,15-16,18,23H,5-6,13-14,17H2,1-4H3,(H2,26,27,28);1H. The molecule has 170 valence electrons. The first kappa shape index (κ1) is 25.4. The van der Waals surface area contributed by atoms with Crippen LogP contribution >= 0.6 is 24.0 Å². The molecule has 3 rings (SSSR count). The van der Waals surface area contributed by atoms with Crippen molar-refractivity contribution in [3.8, 4) is 0 Å². The van der Waals surface area contributed by atoms with Crippen molar-refractivity contribution in [1.29, 1.82) is 0 Å². The fourth-order valence-electron chi connectivity index (χ4n) is 3.95. The van der Waals surface area contributed by atoms with Crippen LogP contribution < -0.4 is 15.5 Å². The van der Waals surface area contributed by atoms with E-state index in [-0.39, 0.29) is 41.9 Å². The lowest BCUT2D eigenvalue weighted by atomic mass is 10.1. The van der Waals surface area contributed by atoms with Gasteiger partial charge in [-0.05, 0) is 69.3 Å². The number of benzene rings is 2. The van der Waals surface area contributed by atoms with E-state index in [9.17, 15) is 4.39 Å². The molecule has 1 fully saturated rings. The van der Waals surface area contributed by atoms with Crippen molar-refractivity contribution < 1.29 is 4.39 Å². The second-order valence-corrected chi connectivity index (χ2v) is 8.14. The summed E-state index contributed by atoms with van der Waals surface area (Å²) < 4.78 is 13.7. The predicted molar refractivity (Wildman–Crippen MR) is 139 cm³/mol. The number of rotatable bonds is 7. The molecule has 1 aliphatic heterocycles. The molecule has 0 bridgehead atoms. The maximum Gasteiger partial charge on any atom is 0.191 e. The Balaban J connectivity index is 0.00000341. The lowest BCUT2D eigenvalue weighted by Crippen LogP contribution is -2.42. The summed E-state index contributed by atoms with van der Waals surface area (Å²) >= 11 is 0. The Bertz CT molecular complexity index is 851. The quantitative estimate of drug-likeness (QED) is 0.308. The highest BCUT2D eigenvalue weighted by Crippen LogP contribution is 2.24. The third-order valence-electron chi connectivity index (χ3n) is 5.74. The molecule has 2 N–H and O–H groups in total. The lowest BCUT2D eigenvalue weighted by molar-refractivity contribution is 0.297. The maximum atomic E-state index is 13.7. The highest BCUT2D eigenvalue weighted by molar-refractivity contribution is 14.0. The van der Waals surface area contributed by atoms with Gasteiger partial charge in [0.2, 0.25) is 0 Å². The summed E-state index contributed by atoms with van der Waals surface area (Å²) in [5, 5.41) is 6.89. The maximum absolute atomic E-state index is 13.7. The Kier molecular flexibility index (Phi) is 10.0. The smallest absolute Gasteiger partial charge is 0.191 e. The average molecular weight is 539 g/mol. The van der Waals surface area contributed by atoms with Gasteiger partial charge in [0.25, 0.3) is 0 Å². The van der Waals surface area contributed by atoms with Gasteiger partial charge >= 0.3 is 0 Å². The summed E-state index contributed by atoms with van der Waals surface area (Å²) in [7, 11) is 5.77. The van der Waals surface area contributed by atoms with E-state index < -0.39 is 0 Å². The minimum Gasteiger partial charge on any atom is -0.372 e. The van der Waals surface area contributed by atoms with Crippen molar-refractivity contribution in [2.45, 2.75) is 31.8 Å². The topological polar surface area (TPSA) is 42.9 Å². The monoisotopic (exact) mass is 539 g/mol. The Morgan fingerprint density at radius 3 is 2.42 bits per heavy atom. The van der Waals surface area contributed by atoms with Crippen LogP contribution in [0, 0.1) is 5.82 Å². The van der Waals surface area contributed by atoms with Crippen LogP contribution in [0.2, 0.25) is 0 Å². The summed E-state index contributed by atoms with van der Waals surface area (Å²) in [5.74, 6) is 0.519. The molecule has 1 aliphatic rings. The molecule has 2 aromatic carbocycles. The minimum atomic E-state index is -0.214. The molecule has 0 aliphatic carbocycles. The van der Waals surface area contributed by atoms with E-state index >= 15 is 0 Å². The first-order valence-electron chi connectivity index (χ1n) is 10.7. The third kappa shape index (κ3) is 7.07. The predicted octanol–water partition coefficient (Wildman–Crippen LogP) is 4.57. The van der Waals surface area contributed by atoms with Gasteiger partial charge in [0, 0.05) is 32.4 Å². The Morgan fingerprint density at radius 2 is 1.77 bits per heavy atom. The zero-order valence-corrected chi connectivity index (χ0v) is 21.3. The number of guanidine groups is 1. The second-order valence-electron chi connectivity index (χ2n) is 8.14. The Morgan fingerprint density at radius 1 is 1.10 bits per heavy atom. The molecule has 0 spiro atoms. The van der Waals surface area contributed by atoms with Gasteiger partial charge in [0.1, 0.15) is 5.82 Å². The van der Waals surface area contributed by atoms with E-state index in [1.807, 2.05) is 20.2 Å². The summed E-state index contributed by atoms with van der Waals surface area (Å²) in [4.78, 5) is 8.92. The molecular weight excluding hydrogens is 504 g/mol. The van der Waals surface area contributed by atoms with Crippen molar-refractivity contribution in [3.05, 3.63) is 65.5 Å². The number of nitrogens with one attached hydrogen (secondary N) is 2. The van der Waals surface area contributed by atoms with E-state index in [0.717, 1.165) is 24.6 Å². The molecular formula is C24H35FIN5. The number of nitrogens with zero attached hydrogens (tertiary/aromatic N) is 3. The summed E-state index contributed by atoms with van der Waals surface area (Å²) in [6, 6.07) is 15.7. The molecule has 1 saturated heterocycles. The van der Waals surface area contributed by atoms with Gasteiger partial charge in [-0.1, -0.05) is 24.3 Å². The molecule has 7 heteroatoms. The third-order valence-corrected chi connectivity index (χ3v) is 5.74. The number of aliphatic imine (C=N–C) groups is 1. The van der Waals surface area contributed by atoms with E-state index in [1.54, 1.807) is 19.2 Å². The van der Waals surface area contributed by atoms with Gasteiger partial charge < -0.3 is 20.4 Å². The molecule has 1 heterocycles. The van der Waals surface area contributed by atoms with Crippen LogP contribution in [-0.4, -0.2) is 51.6 Å². The van der Waals surface area contributed by atoms with Gasteiger partial charge in [-0.15, -0.1) is 24.0 Å². The first-order chi connectivity index (χ1) is 14.5. The first-order valence-corrected chi connectivity index (χ1v) is 10.7. The van der Waals surface area contributed by atoms with Crippen LogP contribution in [0.4, 0.5) is 10.1 Å². The molecule has 31 heavy (non-hydrogen) atoms. The zero-order valence-electron chi connectivity index (χ0n) is 18.9. The van der Waals surface area contributed by atoms with Gasteiger partial charge in [0.05, 0.1) is 12.1 Å². The van der Waals surface area contributed by atoms with Crippen LogP contribution in [0.5, 0.6) is 0 Å². The minimum absolute atomic E-state index is 0. The van der Waals surface area contributed by atoms with Crippen LogP contribution in [0.3, 0.4) is 0 Å². The molecule has 2 unspecified atom stereocenters. The summed E-state index contributed by atoms with van der Waals surface area (Å²) in [6.07, 6.45) is 2.54. The van der Waals surface area contributed by atoms with E-state index in [4.69, 9.17) is 0 Å². The summed E-state index contributed by atoms with van der Waals surface area (Å²) in [6.45, 7) is 5.05. The highest BCUT2D eigenvalue weighted by Gasteiger charge is 2.17. The molecule has 0 saturated carbocycles. The number of hydrogen-bond acceptors (Lipinski definition) is 3. The summed E-state index contributed by atoms with van der Waals surface area (Å²) in [5.41, 5.74) is 3.46.